The number of thiazole rings is 1. The lowest BCUT2D eigenvalue weighted by Gasteiger charge is -2.29. The van der Waals surface area contributed by atoms with Crippen LogP contribution < -0.4 is 19.7 Å². The number of halogens is 2. The van der Waals surface area contributed by atoms with Gasteiger partial charge in [0.1, 0.15) is 11.6 Å². The molecular formula is C30H33F2N7O4S3. The zero-order valence-electron chi connectivity index (χ0n) is 24.9. The molecule has 46 heavy (non-hydrogen) atoms. The Labute approximate surface area is 270 Å². The average molecular weight is 690 g/mol. The molecule has 1 aliphatic carbocycles. The Kier molecular flexibility index (Phi) is 9.23. The van der Waals surface area contributed by atoms with E-state index in [9.17, 15) is 25.6 Å². The van der Waals surface area contributed by atoms with E-state index in [1.165, 1.54) is 23.7 Å². The van der Waals surface area contributed by atoms with Crippen LogP contribution in [0.1, 0.15) is 38.5 Å². The highest BCUT2D eigenvalue weighted by Crippen LogP contribution is 2.41. The van der Waals surface area contributed by atoms with E-state index < -0.39 is 36.6 Å². The molecule has 0 amide bonds. The normalized spacial score (nSPS) is 18.9. The Morgan fingerprint density at radius 2 is 1.57 bits per heavy atom. The van der Waals surface area contributed by atoms with E-state index in [0.29, 0.717) is 35.7 Å². The van der Waals surface area contributed by atoms with Gasteiger partial charge in [0.05, 0.1) is 22.5 Å². The molecule has 1 saturated heterocycles. The number of aromatic nitrogens is 3. The van der Waals surface area contributed by atoms with Crippen molar-refractivity contribution in [3.63, 3.8) is 0 Å². The second-order valence-corrected chi connectivity index (χ2v) is 15.8. The molecule has 0 atom stereocenters. The zero-order chi connectivity index (χ0) is 32.5. The van der Waals surface area contributed by atoms with Crippen LogP contribution in [0.25, 0.3) is 21.8 Å². The summed E-state index contributed by atoms with van der Waals surface area (Å²) in [5.74, 6) is -1.94. The Morgan fingerprint density at radius 3 is 2.26 bits per heavy atom. The van der Waals surface area contributed by atoms with Crippen LogP contribution in [0.3, 0.4) is 0 Å². The summed E-state index contributed by atoms with van der Waals surface area (Å²) in [6, 6.07) is 11.2. The van der Waals surface area contributed by atoms with Crippen LogP contribution >= 0.6 is 11.3 Å². The van der Waals surface area contributed by atoms with Gasteiger partial charge in [-0.3, -0.25) is 4.72 Å². The van der Waals surface area contributed by atoms with Crippen LogP contribution in [0, 0.1) is 11.6 Å². The summed E-state index contributed by atoms with van der Waals surface area (Å²) in [7, 11) is -7.83. The number of hydrogen-bond donors (Lipinski definition) is 3. The lowest BCUT2D eigenvalue weighted by atomic mass is 9.92. The minimum atomic E-state index is -4.56. The third kappa shape index (κ3) is 7.45. The molecule has 16 heteroatoms. The summed E-state index contributed by atoms with van der Waals surface area (Å²) in [5, 5.41) is 4.20. The first-order valence-corrected chi connectivity index (χ1v) is 19.0. The lowest BCUT2D eigenvalue weighted by molar-refractivity contribution is 0.387. The molecule has 4 aromatic rings. The molecule has 0 spiro atoms. The number of benzene rings is 2. The van der Waals surface area contributed by atoms with Crippen LogP contribution in [-0.2, 0) is 20.0 Å². The monoisotopic (exact) mass is 689 g/mol. The molecule has 2 fully saturated rings. The number of nitrogens with zero attached hydrogens (tertiary/aromatic N) is 4. The number of rotatable bonds is 10. The maximum atomic E-state index is 14.3. The van der Waals surface area contributed by atoms with E-state index in [1.807, 2.05) is 0 Å². The molecule has 2 aliphatic rings. The van der Waals surface area contributed by atoms with Crippen molar-refractivity contribution in [2.75, 3.05) is 34.3 Å². The van der Waals surface area contributed by atoms with Crippen molar-refractivity contribution in [1.29, 1.82) is 0 Å². The topological polar surface area (TPSA) is 146 Å². The van der Waals surface area contributed by atoms with Crippen LogP contribution in [0.2, 0.25) is 0 Å². The van der Waals surface area contributed by atoms with Gasteiger partial charge in [-0.05, 0) is 68.9 Å². The van der Waals surface area contributed by atoms with Crippen molar-refractivity contribution in [1.82, 2.24) is 19.7 Å². The first kappa shape index (κ1) is 32.2. The van der Waals surface area contributed by atoms with Crippen molar-refractivity contribution < 1.29 is 25.6 Å². The molecule has 1 saturated carbocycles. The van der Waals surface area contributed by atoms with Gasteiger partial charge in [0, 0.05) is 42.6 Å². The summed E-state index contributed by atoms with van der Waals surface area (Å²) >= 11 is 1.48. The van der Waals surface area contributed by atoms with Gasteiger partial charge in [-0.15, -0.1) is 0 Å². The largest absolute Gasteiger partial charge is 0.351 e. The maximum Gasteiger partial charge on any atom is 0.267 e. The molecule has 0 unspecified atom stereocenters. The maximum absolute atomic E-state index is 14.3. The lowest BCUT2D eigenvalue weighted by Crippen LogP contribution is -2.39. The number of sulfonamides is 2. The van der Waals surface area contributed by atoms with Gasteiger partial charge in [-0.2, -0.15) is 0 Å². The van der Waals surface area contributed by atoms with E-state index in [4.69, 9.17) is 9.97 Å². The fourth-order valence-electron chi connectivity index (χ4n) is 5.79. The SMILES string of the molecule is CS(=O)(=O)NC1CCC(Nc2nccc(-c3sc(N4CCCC4)nc3-c3cccc(NS(=O)(=O)c4c(F)cccc4F)c3)n2)CC1. The third-order valence-corrected chi connectivity index (χ3v) is 11.2. The van der Waals surface area contributed by atoms with Crippen molar-refractivity contribution in [2.24, 2.45) is 0 Å². The number of nitrogens with one attached hydrogen (secondary N) is 3. The second-order valence-electron chi connectivity index (χ2n) is 11.5. The molecule has 244 valence electrons. The van der Waals surface area contributed by atoms with E-state index >= 15 is 0 Å². The summed E-state index contributed by atoms with van der Waals surface area (Å²) in [4.78, 5) is 16.1. The Hall–Kier alpha value is -3.73. The third-order valence-electron chi connectivity index (χ3n) is 7.90. The average Bonchev–Trinajstić information content (AvgIpc) is 3.68. The fourth-order valence-corrected chi connectivity index (χ4v) is 8.93. The standard InChI is InChI=1S/C30H33F2N7O4S3/c1-45(40,41)37-21-12-10-20(11-13-21)34-29-33-15-14-25(35-29)27-26(36-30(44-27)39-16-2-3-17-39)19-6-4-7-22(18-19)38-46(42,43)28-23(31)8-5-9-24(28)32/h4-9,14-15,18,20-21,37-38H,2-3,10-13,16-17H2,1H3,(H,33,34,35). The van der Waals surface area contributed by atoms with E-state index in [0.717, 1.165) is 67.0 Å². The molecule has 3 heterocycles. The first-order chi connectivity index (χ1) is 21.9. The van der Waals surface area contributed by atoms with Crippen LogP contribution in [0.15, 0.2) is 59.6 Å². The second kappa shape index (κ2) is 13.2. The van der Waals surface area contributed by atoms with Crippen LogP contribution in [0.5, 0.6) is 0 Å². The molecule has 3 N–H and O–H groups in total. The summed E-state index contributed by atoms with van der Waals surface area (Å²) < 4.78 is 82.8. The van der Waals surface area contributed by atoms with Gasteiger partial charge < -0.3 is 10.2 Å². The van der Waals surface area contributed by atoms with Gasteiger partial charge >= 0.3 is 0 Å². The quantitative estimate of drug-likeness (QED) is 0.204. The molecular weight excluding hydrogens is 657 g/mol. The minimum Gasteiger partial charge on any atom is -0.351 e. The van der Waals surface area contributed by atoms with Crippen molar-refractivity contribution >= 4 is 48.2 Å². The predicted molar refractivity (Wildman–Crippen MR) is 175 cm³/mol. The van der Waals surface area contributed by atoms with E-state index in [2.05, 4.69) is 24.6 Å². The highest BCUT2D eigenvalue weighted by Gasteiger charge is 2.27. The summed E-state index contributed by atoms with van der Waals surface area (Å²) in [5.41, 5.74) is 1.92. The van der Waals surface area contributed by atoms with Gasteiger partial charge in [0.15, 0.2) is 10.0 Å². The smallest absolute Gasteiger partial charge is 0.267 e. The number of hydrogen-bond acceptors (Lipinski definition) is 10. The van der Waals surface area contributed by atoms with Crippen molar-refractivity contribution in [3.05, 3.63) is 66.4 Å². The van der Waals surface area contributed by atoms with Crippen LogP contribution in [-0.4, -0.2) is 63.2 Å². The zero-order valence-corrected chi connectivity index (χ0v) is 27.4. The minimum absolute atomic E-state index is 0.0814. The molecule has 1 aliphatic heterocycles. The number of anilines is 3. The van der Waals surface area contributed by atoms with Gasteiger partial charge in [-0.1, -0.05) is 29.5 Å². The molecule has 6 rings (SSSR count). The van der Waals surface area contributed by atoms with E-state index in [-0.39, 0.29) is 17.8 Å². The van der Waals surface area contributed by atoms with Crippen molar-refractivity contribution in [2.45, 2.75) is 55.5 Å². The predicted octanol–water partition coefficient (Wildman–Crippen LogP) is 5.22. The highest BCUT2D eigenvalue weighted by atomic mass is 32.2. The van der Waals surface area contributed by atoms with Gasteiger partial charge in [0.2, 0.25) is 16.0 Å². The Morgan fingerprint density at radius 1 is 0.891 bits per heavy atom. The van der Waals surface area contributed by atoms with Crippen LogP contribution in [0.4, 0.5) is 25.5 Å². The highest BCUT2D eigenvalue weighted by molar-refractivity contribution is 7.92. The molecule has 2 aromatic carbocycles. The van der Waals surface area contributed by atoms with Crippen molar-refractivity contribution in [3.8, 4) is 21.8 Å². The van der Waals surface area contributed by atoms with E-state index in [1.54, 1.807) is 30.5 Å². The molecule has 0 bridgehead atoms. The van der Waals surface area contributed by atoms with Gasteiger partial charge in [0.25, 0.3) is 10.0 Å². The molecule has 11 nitrogen and oxygen atoms in total. The summed E-state index contributed by atoms with van der Waals surface area (Å²) in [6.45, 7) is 1.74. The first-order valence-electron chi connectivity index (χ1n) is 14.9. The Bertz CT molecular complexity index is 1920. The molecule has 0 radical (unpaired) electrons. The fraction of sp³-hybridized carbons (Fsp3) is 0.367. The molecule has 2 aromatic heterocycles. The van der Waals surface area contributed by atoms with Gasteiger partial charge in [-0.25, -0.2) is 45.3 Å². The summed E-state index contributed by atoms with van der Waals surface area (Å²) in [6.07, 6.45) is 7.85. The Balaban J connectivity index is 1.28.